The summed E-state index contributed by atoms with van der Waals surface area (Å²) in [6.07, 6.45) is 0. The van der Waals surface area contributed by atoms with Crippen LogP contribution < -0.4 is 4.74 Å². The minimum Gasteiger partial charge on any atom is -0.491 e. The fraction of sp³-hybridized carbons (Fsp3) is 0.400. The van der Waals surface area contributed by atoms with Crippen molar-refractivity contribution in [2.45, 2.75) is 6.92 Å². The number of aryl methyl sites for hydroxylation is 1. The Morgan fingerprint density at radius 2 is 2.08 bits per heavy atom. The molecule has 0 fully saturated rings. The standard InChI is InChI=1S/C10H13BrO2/c1-8-7-9(11)3-4-10(8)13-6-5-12-2/h3-4,7H,5-6H2,1-2H3. The van der Waals surface area contributed by atoms with Crippen LogP contribution in [0.5, 0.6) is 5.75 Å². The molecule has 0 bridgehead atoms. The summed E-state index contributed by atoms with van der Waals surface area (Å²) in [4.78, 5) is 0. The number of benzene rings is 1. The number of methoxy groups -OCH3 is 1. The van der Waals surface area contributed by atoms with Crippen LogP contribution in [0.15, 0.2) is 22.7 Å². The summed E-state index contributed by atoms with van der Waals surface area (Å²) < 4.78 is 11.5. The van der Waals surface area contributed by atoms with Crippen molar-refractivity contribution in [1.82, 2.24) is 0 Å². The number of rotatable bonds is 4. The predicted molar refractivity (Wildman–Crippen MR) is 56.3 cm³/mol. The second-order valence-electron chi connectivity index (χ2n) is 2.75. The molecule has 2 nitrogen and oxygen atoms in total. The van der Waals surface area contributed by atoms with Crippen molar-refractivity contribution in [3.8, 4) is 5.75 Å². The number of hydrogen-bond acceptors (Lipinski definition) is 2. The molecule has 0 saturated carbocycles. The third-order valence-electron chi connectivity index (χ3n) is 1.68. The molecular formula is C10H13BrO2. The minimum atomic E-state index is 0.596. The average molecular weight is 245 g/mol. The first-order chi connectivity index (χ1) is 6.24. The first-order valence-electron chi connectivity index (χ1n) is 4.12. The van der Waals surface area contributed by atoms with E-state index in [1.54, 1.807) is 7.11 Å². The van der Waals surface area contributed by atoms with Crippen molar-refractivity contribution >= 4 is 15.9 Å². The van der Waals surface area contributed by atoms with E-state index in [0.29, 0.717) is 13.2 Å². The van der Waals surface area contributed by atoms with Crippen molar-refractivity contribution < 1.29 is 9.47 Å². The fourth-order valence-electron chi connectivity index (χ4n) is 1.01. The second-order valence-corrected chi connectivity index (χ2v) is 3.67. The number of hydrogen-bond donors (Lipinski definition) is 0. The molecule has 0 aliphatic heterocycles. The van der Waals surface area contributed by atoms with Gasteiger partial charge in [0.05, 0.1) is 6.61 Å². The first kappa shape index (κ1) is 10.5. The molecule has 0 aliphatic carbocycles. The maximum atomic E-state index is 5.49. The number of halogens is 1. The van der Waals surface area contributed by atoms with E-state index in [9.17, 15) is 0 Å². The lowest BCUT2D eigenvalue weighted by Gasteiger charge is -2.08. The lowest BCUT2D eigenvalue weighted by molar-refractivity contribution is 0.146. The molecule has 0 atom stereocenters. The molecule has 13 heavy (non-hydrogen) atoms. The first-order valence-corrected chi connectivity index (χ1v) is 4.91. The van der Waals surface area contributed by atoms with Gasteiger partial charge in [-0.3, -0.25) is 0 Å². The summed E-state index contributed by atoms with van der Waals surface area (Å²) in [6, 6.07) is 5.95. The highest BCUT2D eigenvalue weighted by molar-refractivity contribution is 9.10. The van der Waals surface area contributed by atoms with Gasteiger partial charge in [0.1, 0.15) is 12.4 Å². The summed E-state index contributed by atoms with van der Waals surface area (Å²) in [5, 5.41) is 0. The van der Waals surface area contributed by atoms with Gasteiger partial charge in [-0.25, -0.2) is 0 Å². The van der Waals surface area contributed by atoms with Crippen LogP contribution in [0.3, 0.4) is 0 Å². The van der Waals surface area contributed by atoms with E-state index in [-0.39, 0.29) is 0 Å². The molecule has 0 unspecified atom stereocenters. The zero-order valence-electron chi connectivity index (χ0n) is 7.84. The molecule has 1 aromatic rings. The molecule has 1 aromatic carbocycles. The Balaban J connectivity index is 2.56. The van der Waals surface area contributed by atoms with Crippen LogP contribution in [0.4, 0.5) is 0 Å². The molecule has 0 N–H and O–H groups in total. The van der Waals surface area contributed by atoms with E-state index in [0.717, 1.165) is 15.8 Å². The van der Waals surface area contributed by atoms with Crippen LogP contribution in [-0.2, 0) is 4.74 Å². The quantitative estimate of drug-likeness (QED) is 0.759. The molecule has 0 amide bonds. The van der Waals surface area contributed by atoms with Gasteiger partial charge in [-0.05, 0) is 30.7 Å². The van der Waals surface area contributed by atoms with Crippen molar-refractivity contribution in [3.05, 3.63) is 28.2 Å². The highest BCUT2D eigenvalue weighted by Crippen LogP contribution is 2.21. The Bertz CT molecular complexity index is 274. The molecule has 0 heterocycles. The maximum absolute atomic E-state index is 5.49. The molecule has 3 heteroatoms. The summed E-state index contributed by atoms with van der Waals surface area (Å²) in [5.74, 6) is 0.917. The smallest absolute Gasteiger partial charge is 0.122 e. The molecule has 0 aromatic heterocycles. The van der Waals surface area contributed by atoms with Gasteiger partial charge in [0.25, 0.3) is 0 Å². The van der Waals surface area contributed by atoms with Crippen molar-refractivity contribution in [2.24, 2.45) is 0 Å². The highest BCUT2D eigenvalue weighted by Gasteiger charge is 1.98. The van der Waals surface area contributed by atoms with E-state index in [1.807, 2.05) is 25.1 Å². The average Bonchev–Trinajstić information content (AvgIpc) is 2.09. The van der Waals surface area contributed by atoms with Gasteiger partial charge in [0.15, 0.2) is 0 Å². The van der Waals surface area contributed by atoms with Gasteiger partial charge in [-0.15, -0.1) is 0 Å². The Kier molecular flexibility index (Phi) is 4.25. The van der Waals surface area contributed by atoms with Gasteiger partial charge in [0.2, 0.25) is 0 Å². The van der Waals surface area contributed by atoms with E-state index < -0.39 is 0 Å². The minimum absolute atomic E-state index is 0.596. The Morgan fingerprint density at radius 1 is 1.31 bits per heavy atom. The molecule has 0 aliphatic rings. The van der Waals surface area contributed by atoms with Gasteiger partial charge < -0.3 is 9.47 Å². The SMILES string of the molecule is COCCOc1ccc(Br)cc1C. The Hall–Kier alpha value is -0.540. The third kappa shape index (κ3) is 3.36. The van der Waals surface area contributed by atoms with Crippen LogP contribution in [0.1, 0.15) is 5.56 Å². The normalized spacial score (nSPS) is 10.1. The van der Waals surface area contributed by atoms with Crippen LogP contribution >= 0.6 is 15.9 Å². The Labute approximate surface area is 87.0 Å². The summed E-state index contributed by atoms with van der Waals surface area (Å²) in [5.41, 5.74) is 1.13. The van der Waals surface area contributed by atoms with Crippen LogP contribution in [0.25, 0.3) is 0 Å². The fourth-order valence-corrected chi connectivity index (χ4v) is 1.49. The third-order valence-corrected chi connectivity index (χ3v) is 2.18. The number of ether oxygens (including phenoxy) is 2. The molecule has 0 radical (unpaired) electrons. The molecule has 0 spiro atoms. The van der Waals surface area contributed by atoms with E-state index in [2.05, 4.69) is 15.9 Å². The second kappa shape index (κ2) is 5.25. The topological polar surface area (TPSA) is 18.5 Å². The molecule has 72 valence electrons. The van der Waals surface area contributed by atoms with Crippen LogP contribution in [0, 0.1) is 6.92 Å². The van der Waals surface area contributed by atoms with Gasteiger partial charge in [-0.2, -0.15) is 0 Å². The van der Waals surface area contributed by atoms with Crippen molar-refractivity contribution in [1.29, 1.82) is 0 Å². The molecule has 1 rings (SSSR count). The van der Waals surface area contributed by atoms with Crippen LogP contribution in [0.2, 0.25) is 0 Å². The van der Waals surface area contributed by atoms with Crippen molar-refractivity contribution in [3.63, 3.8) is 0 Å². The highest BCUT2D eigenvalue weighted by atomic mass is 79.9. The predicted octanol–water partition coefficient (Wildman–Crippen LogP) is 2.78. The lowest BCUT2D eigenvalue weighted by Crippen LogP contribution is -2.04. The van der Waals surface area contributed by atoms with Gasteiger partial charge >= 0.3 is 0 Å². The van der Waals surface area contributed by atoms with E-state index in [4.69, 9.17) is 9.47 Å². The van der Waals surface area contributed by atoms with Gasteiger partial charge in [-0.1, -0.05) is 15.9 Å². The molecular weight excluding hydrogens is 232 g/mol. The summed E-state index contributed by atoms with van der Waals surface area (Å²) in [7, 11) is 1.66. The summed E-state index contributed by atoms with van der Waals surface area (Å²) in [6.45, 7) is 3.24. The van der Waals surface area contributed by atoms with Crippen molar-refractivity contribution in [2.75, 3.05) is 20.3 Å². The lowest BCUT2D eigenvalue weighted by atomic mass is 10.2. The monoisotopic (exact) mass is 244 g/mol. The summed E-state index contributed by atoms with van der Waals surface area (Å²) >= 11 is 3.40. The molecule has 0 saturated heterocycles. The zero-order valence-corrected chi connectivity index (χ0v) is 9.43. The maximum Gasteiger partial charge on any atom is 0.122 e. The Morgan fingerprint density at radius 3 is 2.69 bits per heavy atom. The van der Waals surface area contributed by atoms with E-state index in [1.165, 1.54) is 0 Å². The van der Waals surface area contributed by atoms with E-state index >= 15 is 0 Å². The van der Waals surface area contributed by atoms with Crippen LogP contribution in [-0.4, -0.2) is 20.3 Å². The largest absolute Gasteiger partial charge is 0.491 e. The van der Waals surface area contributed by atoms with Gasteiger partial charge in [0, 0.05) is 11.6 Å². The zero-order chi connectivity index (χ0) is 9.68.